The fourth-order valence-corrected chi connectivity index (χ4v) is 4.95. The molecule has 2 aliphatic heterocycles. The van der Waals surface area contributed by atoms with E-state index < -0.39 is 0 Å². The van der Waals surface area contributed by atoms with E-state index in [1.165, 1.54) is 29.1 Å². The Morgan fingerprint density at radius 3 is 2.62 bits per heavy atom. The van der Waals surface area contributed by atoms with Crippen molar-refractivity contribution >= 4 is 11.8 Å². The van der Waals surface area contributed by atoms with Crippen molar-refractivity contribution in [3.05, 3.63) is 83.9 Å². The minimum atomic E-state index is -0.299. The van der Waals surface area contributed by atoms with E-state index in [-0.39, 0.29) is 48.7 Å². The van der Waals surface area contributed by atoms with Crippen molar-refractivity contribution in [1.82, 2.24) is 19.8 Å². The fraction of sp³-hybridized carbons (Fsp3) is 0.280. The minimum absolute atomic E-state index is 0.0125. The topological polar surface area (TPSA) is 86.6 Å². The van der Waals surface area contributed by atoms with Gasteiger partial charge in [0.05, 0.1) is 24.9 Å². The summed E-state index contributed by atoms with van der Waals surface area (Å²) in [7, 11) is 0. The standard InChI is InChI=1S/C25H24N4O3/c1-16-3-2-4-19(11-16)17-5-7-18(8-6-17)24-21-13-28(14-23(31)29(21)22(24)15-30)25(32)20-12-26-9-10-27-20/h2-12,21-22,24,30H,13-15H2,1H3/t21-,22-,24+/m1/s1. The molecule has 0 radical (unpaired) electrons. The van der Waals surface area contributed by atoms with E-state index in [9.17, 15) is 14.7 Å². The minimum Gasteiger partial charge on any atom is -0.394 e. The highest BCUT2D eigenvalue weighted by Crippen LogP contribution is 2.43. The molecule has 1 aromatic heterocycles. The van der Waals surface area contributed by atoms with Crippen LogP contribution in [-0.2, 0) is 4.79 Å². The van der Waals surface area contributed by atoms with Crippen LogP contribution in [0.1, 0.15) is 27.5 Å². The lowest BCUT2D eigenvalue weighted by Crippen LogP contribution is -2.73. The average molecular weight is 428 g/mol. The Labute approximate surface area is 186 Å². The number of fused-ring (bicyclic) bond motifs is 1. The molecule has 7 nitrogen and oxygen atoms in total. The molecule has 3 atom stereocenters. The van der Waals surface area contributed by atoms with Gasteiger partial charge >= 0.3 is 0 Å². The molecule has 0 saturated carbocycles. The first-order chi connectivity index (χ1) is 15.6. The van der Waals surface area contributed by atoms with Crippen LogP contribution >= 0.6 is 0 Å². The van der Waals surface area contributed by atoms with E-state index in [4.69, 9.17) is 0 Å². The maximum absolute atomic E-state index is 12.8. The monoisotopic (exact) mass is 428 g/mol. The number of benzene rings is 2. The zero-order valence-electron chi connectivity index (χ0n) is 17.8. The SMILES string of the molecule is Cc1cccc(-c2ccc([C@@H]3[C@@H](CO)N4C(=O)CN(C(=O)c5cnccn5)C[C@H]34)cc2)c1. The van der Waals surface area contributed by atoms with Gasteiger partial charge in [0.1, 0.15) is 12.2 Å². The summed E-state index contributed by atoms with van der Waals surface area (Å²) in [4.78, 5) is 37.0. The number of aliphatic hydroxyl groups excluding tert-OH is 1. The zero-order valence-corrected chi connectivity index (χ0v) is 17.8. The molecule has 2 saturated heterocycles. The normalized spacial score (nSPS) is 22.3. The molecule has 162 valence electrons. The van der Waals surface area contributed by atoms with Crippen LogP contribution < -0.4 is 0 Å². The Bertz CT molecular complexity index is 1150. The van der Waals surface area contributed by atoms with Gasteiger partial charge in [-0.3, -0.25) is 14.6 Å². The quantitative estimate of drug-likeness (QED) is 0.689. The first-order valence-electron chi connectivity index (χ1n) is 10.7. The molecule has 2 amide bonds. The van der Waals surface area contributed by atoms with Gasteiger partial charge in [-0.25, -0.2) is 4.98 Å². The fourth-order valence-electron chi connectivity index (χ4n) is 4.95. The summed E-state index contributed by atoms with van der Waals surface area (Å²) >= 11 is 0. The van der Waals surface area contributed by atoms with Crippen LogP contribution in [0.4, 0.5) is 0 Å². The summed E-state index contributed by atoms with van der Waals surface area (Å²) in [5.41, 5.74) is 4.76. The molecule has 0 bridgehead atoms. The molecule has 0 spiro atoms. The molecule has 2 aromatic carbocycles. The van der Waals surface area contributed by atoms with Crippen LogP contribution in [0.3, 0.4) is 0 Å². The Kier molecular flexibility index (Phi) is 5.19. The van der Waals surface area contributed by atoms with E-state index in [1.807, 2.05) is 6.07 Å². The third-order valence-corrected chi connectivity index (χ3v) is 6.47. The number of rotatable bonds is 4. The highest BCUT2D eigenvalue weighted by molar-refractivity contribution is 5.96. The van der Waals surface area contributed by atoms with E-state index in [2.05, 4.69) is 59.4 Å². The highest BCUT2D eigenvalue weighted by atomic mass is 16.3. The third-order valence-electron chi connectivity index (χ3n) is 6.47. The summed E-state index contributed by atoms with van der Waals surface area (Å²) in [6.07, 6.45) is 4.39. The number of nitrogens with zero attached hydrogens (tertiary/aromatic N) is 4. The van der Waals surface area contributed by atoms with Gasteiger partial charge in [-0.1, -0.05) is 54.1 Å². The van der Waals surface area contributed by atoms with Crippen LogP contribution in [0.25, 0.3) is 11.1 Å². The molecule has 32 heavy (non-hydrogen) atoms. The third kappa shape index (κ3) is 3.44. The number of amides is 2. The Balaban J connectivity index is 1.39. The summed E-state index contributed by atoms with van der Waals surface area (Å²) in [5, 5.41) is 10.00. The van der Waals surface area contributed by atoms with Crippen LogP contribution in [0.15, 0.2) is 67.1 Å². The van der Waals surface area contributed by atoms with Gasteiger partial charge in [0.2, 0.25) is 5.91 Å². The molecular weight excluding hydrogens is 404 g/mol. The Morgan fingerprint density at radius 2 is 1.94 bits per heavy atom. The zero-order chi connectivity index (χ0) is 22.2. The first kappa shape index (κ1) is 20.3. The number of hydrogen-bond donors (Lipinski definition) is 1. The van der Waals surface area contributed by atoms with Gasteiger partial charge in [-0.2, -0.15) is 0 Å². The average Bonchev–Trinajstić information content (AvgIpc) is 2.81. The predicted molar refractivity (Wildman–Crippen MR) is 119 cm³/mol. The molecule has 5 rings (SSSR count). The number of hydrogen-bond acceptors (Lipinski definition) is 5. The Hall–Kier alpha value is -3.58. The number of aryl methyl sites for hydroxylation is 1. The molecule has 3 heterocycles. The van der Waals surface area contributed by atoms with Crippen molar-refractivity contribution < 1.29 is 14.7 Å². The van der Waals surface area contributed by atoms with E-state index in [0.717, 1.165) is 16.7 Å². The molecule has 0 unspecified atom stereocenters. The molecule has 2 aliphatic rings. The smallest absolute Gasteiger partial charge is 0.274 e. The van der Waals surface area contributed by atoms with E-state index in [0.29, 0.717) is 6.54 Å². The van der Waals surface area contributed by atoms with Crippen molar-refractivity contribution in [3.8, 4) is 11.1 Å². The molecule has 1 N–H and O–H groups in total. The van der Waals surface area contributed by atoms with Crippen LogP contribution in [0, 0.1) is 6.92 Å². The summed E-state index contributed by atoms with van der Waals surface area (Å²) < 4.78 is 0. The van der Waals surface area contributed by atoms with E-state index >= 15 is 0 Å². The number of piperazine rings is 1. The number of carbonyl (C=O) groups excluding carboxylic acids is 2. The second-order valence-electron chi connectivity index (χ2n) is 8.41. The maximum atomic E-state index is 12.8. The van der Waals surface area contributed by atoms with Gasteiger partial charge in [-0.15, -0.1) is 0 Å². The van der Waals surface area contributed by atoms with Gasteiger partial charge in [0.15, 0.2) is 0 Å². The summed E-state index contributed by atoms with van der Waals surface area (Å²) in [5.74, 6) is -0.481. The molecule has 2 fully saturated rings. The van der Waals surface area contributed by atoms with Crippen LogP contribution in [-0.4, -0.2) is 68.5 Å². The number of aromatic nitrogens is 2. The summed E-state index contributed by atoms with van der Waals surface area (Å²) in [6, 6.07) is 16.2. The van der Waals surface area contributed by atoms with Gasteiger partial charge in [0.25, 0.3) is 5.91 Å². The highest BCUT2D eigenvalue weighted by Gasteiger charge is 2.54. The van der Waals surface area contributed by atoms with Gasteiger partial charge < -0.3 is 14.9 Å². The van der Waals surface area contributed by atoms with Crippen molar-refractivity contribution in [1.29, 1.82) is 0 Å². The maximum Gasteiger partial charge on any atom is 0.274 e. The molecule has 0 aliphatic carbocycles. The summed E-state index contributed by atoms with van der Waals surface area (Å²) in [6.45, 7) is 2.36. The number of carbonyl (C=O) groups is 2. The largest absolute Gasteiger partial charge is 0.394 e. The lowest BCUT2D eigenvalue weighted by molar-refractivity contribution is -0.159. The van der Waals surface area contributed by atoms with Crippen molar-refractivity contribution in [2.75, 3.05) is 19.7 Å². The van der Waals surface area contributed by atoms with E-state index in [1.54, 1.807) is 4.90 Å². The second-order valence-corrected chi connectivity index (χ2v) is 8.41. The first-order valence-corrected chi connectivity index (χ1v) is 10.7. The van der Waals surface area contributed by atoms with Crippen molar-refractivity contribution in [2.45, 2.75) is 24.9 Å². The molecule has 7 heteroatoms. The lowest BCUT2D eigenvalue weighted by Gasteiger charge is -2.58. The molecular formula is C25H24N4O3. The predicted octanol–water partition coefficient (Wildman–Crippen LogP) is 2.26. The van der Waals surface area contributed by atoms with Crippen molar-refractivity contribution in [2.24, 2.45) is 0 Å². The van der Waals surface area contributed by atoms with Gasteiger partial charge in [-0.05, 0) is 23.6 Å². The van der Waals surface area contributed by atoms with Gasteiger partial charge in [0, 0.05) is 24.9 Å². The number of aliphatic hydroxyl groups is 1. The second kappa shape index (κ2) is 8.16. The van der Waals surface area contributed by atoms with Crippen LogP contribution in [0.5, 0.6) is 0 Å². The molecule has 3 aromatic rings. The Morgan fingerprint density at radius 1 is 1.12 bits per heavy atom. The van der Waals surface area contributed by atoms with Crippen LogP contribution in [0.2, 0.25) is 0 Å². The van der Waals surface area contributed by atoms with Crippen molar-refractivity contribution in [3.63, 3.8) is 0 Å². The lowest BCUT2D eigenvalue weighted by atomic mass is 9.73.